The molecule has 2 unspecified atom stereocenters. The maximum atomic E-state index is 12.4. The van der Waals surface area contributed by atoms with E-state index in [2.05, 4.69) is 79.9 Å². The Hall–Kier alpha value is -1.91. The summed E-state index contributed by atoms with van der Waals surface area (Å²) in [6.07, 6.45) is 61.6. The highest BCUT2D eigenvalue weighted by atomic mass is 16.3. The van der Waals surface area contributed by atoms with E-state index in [0.717, 1.165) is 57.8 Å². The van der Waals surface area contributed by atoms with E-state index in [1.165, 1.54) is 141 Å². The van der Waals surface area contributed by atoms with Crippen LogP contribution in [0.5, 0.6) is 0 Å². The van der Waals surface area contributed by atoms with E-state index in [-0.39, 0.29) is 12.5 Å². The first-order valence-corrected chi connectivity index (χ1v) is 23.0. The van der Waals surface area contributed by atoms with Gasteiger partial charge in [-0.2, -0.15) is 0 Å². The molecule has 0 fully saturated rings. The maximum Gasteiger partial charge on any atom is 0.220 e. The predicted octanol–water partition coefficient (Wildman–Crippen LogP) is 14.5. The third-order valence-corrected chi connectivity index (χ3v) is 10.3. The SMILES string of the molecule is CC/C=C\C/C=C\C/C=C\C/C=C\C/C=C\CCCCCCCCCCCCCCCC(=O)NC(CO)C(O)CCCCCCCCCCCCCC. The van der Waals surface area contributed by atoms with Crippen LogP contribution in [-0.2, 0) is 4.79 Å². The van der Waals surface area contributed by atoms with Crippen molar-refractivity contribution >= 4 is 5.91 Å². The monoisotopic (exact) mass is 740 g/mol. The van der Waals surface area contributed by atoms with E-state index in [1.807, 2.05) is 0 Å². The zero-order chi connectivity index (χ0) is 38.6. The van der Waals surface area contributed by atoms with Crippen molar-refractivity contribution in [2.75, 3.05) is 6.61 Å². The van der Waals surface area contributed by atoms with Crippen molar-refractivity contribution in [2.45, 2.75) is 238 Å². The number of unbranched alkanes of at least 4 members (excludes halogenated alkanes) is 24. The summed E-state index contributed by atoms with van der Waals surface area (Å²) in [5, 5.41) is 23.1. The van der Waals surface area contributed by atoms with Gasteiger partial charge < -0.3 is 15.5 Å². The third kappa shape index (κ3) is 41.1. The van der Waals surface area contributed by atoms with Gasteiger partial charge in [0.05, 0.1) is 18.8 Å². The van der Waals surface area contributed by atoms with Crippen LogP contribution in [0.4, 0.5) is 0 Å². The van der Waals surface area contributed by atoms with Crippen LogP contribution in [-0.4, -0.2) is 34.9 Å². The molecule has 0 saturated carbocycles. The molecule has 4 heteroatoms. The fraction of sp³-hybridized carbons (Fsp3) is 0.776. The highest BCUT2D eigenvalue weighted by molar-refractivity contribution is 5.76. The molecule has 1 amide bonds. The summed E-state index contributed by atoms with van der Waals surface area (Å²) < 4.78 is 0. The zero-order valence-corrected chi connectivity index (χ0v) is 35.3. The summed E-state index contributed by atoms with van der Waals surface area (Å²) in [6, 6.07) is -0.537. The van der Waals surface area contributed by atoms with Crippen molar-refractivity contribution in [3.63, 3.8) is 0 Å². The normalized spacial score (nSPS) is 13.5. The summed E-state index contributed by atoms with van der Waals surface area (Å²) in [5.41, 5.74) is 0. The highest BCUT2D eigenvalue weighted by Crippen LogP contribution is 2.16. The van der Waals surface area contributed by atoms with Gasteiger partial charge in [-0.1, -0.05) is 222 Å². The van der Waals surface area contributed by atoms with Gasteiger partial charge in [0.1, 0.15) is 0 Å². The first-order chi connectivity index (χ1) is 26.2. The molecular formula is C49H89NO3. The molecule has 0 bridgehead atoms. The standard InChI is InChI=1S/C49H89NO3/c1-3-5-7-9-11-13-15-17-18-19-20-21-22-23-24-25-26-27-28-29-30-31-32-33-35-37-39-41-43-45-49(53)50-47(46-51)48(52)44-42-40-38-36-34-16-14-12-10-8-6-4-2/h5,7,11,13,17-18,20-21,23-24,47-48,51-52H,3-4,6,8-10,12,14-16,19,22,25-46H2,1-2H3,(H,50,53)/b7-5-,13-11-,18-17-,21-20-,24-23-. The zero-order valence-electron chi connectivity index (χ0n) is 35.3. The Bertz CT molecular complexity index is 888. The lowest BCUT2D eigenvalue weighted by molar-refractivity contribution is -0.123. The molecular weight excluding hydrogens is 651 g/mol. The minimum atomic E-state index is -0.660. The average Bonchev–Trinajstić information content (AvgIpc) is 3.16. The molecule has 0 aromatic rings. The summed E-state index contributed by atoms with van der Waals surface area (Å²) in [7, 11) is 0. The molecule has 0 aliphatic rings. The molecule has 308 valence electrons. The Morgan fingerprint density at radius 2 is 0.830 bits per heavy atom. The molecule has 0 heterocycles. The van der Waals surface area contributed by atoms with Gasteiger partial charge in [-0.3, -0.25) is 4.79 Å². The topological polar surface area (TPSA) is 69.6 Å². The van der Waals surface area contributed by atoms with Crippen LogP contribution in [0, 0.1) is 0 Å². The van der Waals surface area contributed by atoms with Gasteiger partial charge in [0.25, 0.3) is 0 Å². The Morgan fingerprint density at radius 1 is 0.472 bits per heavy atom. The lowest BCUT2D eigenvalue weighted by atomic mass is 10.0. The summed E-state index contributed by atoms with van der Waals surface area (Å²) in [4.78, 5) is 12.4. The van der Waals surface area contributed by atoms with Crippen LogP contribution in [0.25, 0.3) is 0 Å². The largest absolute Gasteiger partial charge is 0.394 e. The number of aliphatic hydroxyl groups excluding tert-OH is 2. The van der Waals surface area contributed by atoms with Crippen LogP contribution < -0.4 is 5.32 Å². The van der Waals surface area contributed by atoms with Crippen LogP contribution in [0.15, 0.2) is 60.8 Å². The Labute approximate surface area is 330 Å². The second-order valence-electron chi connectivity index (χ2n) is 15.4. The van der Waals surface area contributed by atoms with Gasteiger partial charge >= 0.3 is 0 Å². The van der Waals surface area contributed by atoms with Crippen molar-refractivity contribution in [3.8, 4) is 0 Å². The van der Waals surface area contributed by atoms with Crippen LogP contribution in [0.2, 0.25) is 0 Å². The number of nitrogens with one attached hydrogen (secondary N) is 1. The third-order valence-electron chi connectivity index (χ3n) is 10.3. The van der Waals surface area contributed by atoms with E-state index in [1.54, 1.807) is 0 Å². The molecule has 3 N–H and O–H groups in total. The van der Waals surface area contributed by atoms with Gasteiger partial charge in [0.2, 0.25) is 5.91 Å². The summed E-state index contributed by atoms with van der Waals surface area (Å²) >= 11 is 0. The Morgan fingerprint density at radius 3 is 1.25 bits per heavy atom. The van der Waals surface area contributed by atoms with E-state index in [4.69, 9.17) is 0 Å². The van der Waals surface area contributed by atoms with E-state index in [9.17, 15) is 15.0 Å². The first-order valence-electron chi connectivity index (χ1n) is 23.0. The van der Waals surface area contributed by atoms with Crippen molar-refractivity contribution < 1.29 is 15.0 Å². The average molecular weight is 740 g/mol. The smallest absolute Gasteiger partial charge is 0.220 e. The van der Waals surface area contributed by atoms with E-state index in [0.29, 0.717) is 12.8 Å². The summed E-state index contributed by atoms with van der Waals surface area (Å²) in [5.74, 6) is -0.0352. The molecule has 0 aromatic heterocycles. The van der Waals surface area contributed by atoms with Crippen LogP contribution in [0.1, 0.15) is 226 Å². The van der Waals surface area contributed by atoms with Crippen molar-refractivity contribution in [1.29, 1.82) is 0 Å². The van der Waals surface area contributed by atoms with E-state index >= 15 is 0 Å². The van der Waals surface area contributed by atoms with Gasteiger partial charge in [-0.05, 0) is 57.8 Å². The summed E-state index contributed by atoms with van der Waals surface area (Å²) in [6.45, 7) is 4.24. The minimum absolute atomic E-state index is 0.0352. The fourth-order valence-electron chi connectivity index (χ4n) is 6.80. The molecule has 0 saturated heterocycles. The molecule has 4 nitrogen and oxygen atoms in total. The van der Waals surface area contributed by atoms with Gasteiger partial charge in [-0.15, -0.1) is 0 Å². The maximum absolute atomic E-state index is 12.4. The quantitative estimate of drug-likeness (QED) is 0.0432. The Balaban J connectivity index is 3.50. The Kier molecular flexibility index (Phi) is 42.9. The molecule has 0 aromatic carbocycles. The van der Waals surface area contributed by atoms with Crippen molar-refractivity contribution in [1.82, 2.24) is 5.32 Å². The van der Waals surface area contributed by atoms with Gasteiger partial charge in [-0.25, -0.2) is 0 Å². The minimum Gasteiger partial charge on any atom is -0.394 e. The van der Waals surface area contributed by atoms with Crippen LogP contribution in [0.3, 0.4) is 0 Å². The van der Waals surface area contributed by atoms with Crippen molar-refractivity contribution in [3.05, 3.63) is 60.8 Å². The number of rotatable bonds is 41. The molecule has 0 rings (SSSR count). The molecule has 0 aliphatic carbocycles. The lowest BCUT2D eigenvalue weighted by Gasteiger charge is -2.22. The first kappa shape index (κ1) is 51.1. The number of carbonyl (C=O) groups excluding carboxylic acids is 1. The second-order valence-corrected chi connectivity index (χ2v) is 15.4. The number of hydrogen-bond donors (Lipinski definition) is 3. The van der Waals surface area contributed by atoms with Gasteiger partial charge in [0, 0.05) is 6.42 Å². The lowest BCUT2D eigenvalue weighted by Crippen LogP contribution is -2.45. The molecule has 2 atom stereocenters. The number of amides is 1. The second kappa shape index (κ2) is 44.5. The molecule has 0 aliphatic heterocycles. The number of allylic oxidation sites excluding steroid dienone is 10. The molecule has 53 heavy (non-hydrogen) atoms. The van der Waals surface area contributed by atoms with E-state index < -0.39 is 12.1 Å². The van der Waals surface area contributed by atoms with Gasteiger partial charge in [0.15, 0.2) is 0 Å². The fourth-order valence-corrected chi connectivity index (χ4v) is 6.80. The highest BCUT2D eigenvalue weighted by Gasteiger charge is 2.20. The molecule has 0 radical (unpaired) electrons. The van der Waals surface area contributed by atoms with Crippen LogP contribution >= 0.6 is 0 Å². The van der Waals surface area contributed by atoms with Crippen molar-refractivity contribution in [2.24, 2.45) is 0 Å². The number of carbonyl (C=O) groups is 1. The number of aliphatic hydroxyl groups is 2. The number of hydrogen-bond acceptors (Lipinski definition) is 3. The molecule has 0 spiro atoms. The predicted molar refractivity (Wildman–Crippen MR) is 234 cm³/mol.